The van der Waals surface area contributed by atoms with Crippen LogP contribution in [0.25, 0.3) is 11.0 Å². The van der Waals surface area contributed by atoms with Crippen LogP contribution < -0.4 is 16.3 Å². The first-order valence-corrected chi connectivity index (χ1v) is 17.8. The second-order valence-electron chi connectivity index (χ2n) is 12.7. The van der Waals surface area contributed by atoms with Gasteiger partial charge in [0.15, 0.2) is 11.6 Å². The maximum absolute atomic E-state index is 13.3. The number of carbonyl (C=O) groups excluding carboxylic acids is 5. The number of fused-ring (bicyclic) bond motifs is 1. The topological polar surface area (TPSA) is 186 Å². The number of rotatable bonds is 20. The maximum atomic E-state index is 13.3. The summed E-state index contributed by atoms with van der Waals surface area (Å²) in [5.74, 6) is -1.49. The molecular weight excluding hydrogens is 662 g/mol. The average molecular weight is 710 g/mol. The number of unbranched alkanes of at least 4 members (excludes halogenated alkanes) is 2. The number of aromatic amines is 2. The van der Waals surface area contributed by atoms with Gasteiger partial charge in [0.25, 0.3) is 11.8 Å². The molecule has 0 spiro atoms. The van der Waals surface area contributed by atoms with Crippen LogP contribution in [-0.4, -0.2) is 69.7 Å². The number of benzene rings is 3. The number of aromatic nitrogens is 2. The summed E-state index contributed by atoms with van der Waals surface area (Å²) < 4.78 is 0. The van der Waals surface area contributed by atoms with Crippen LogP contribution >= 0.6 is 0 Å². The van der Waals surface area contributed by atoms with E-state index in [1.54, 1.807) is 30.3 Å². The van der Waals surface area contributed by atoms with E-state index in [4.69, 9.17) is 0 Å². The van der Waals surface area contributed by atoms with E-state index >= 15 is 0 Å². The third-order valence-electron chi connectivity index (χ3n) is 8.71. The summed E-state index contributed by atoms with van der Waals surface area (Å²) in [5.41, 5.74) is 3.42. The number of Topliss-reactive ketones (excluding diaryl/α,β-unsaturated/α-hetero) is 3. The molecule has 0 radical (unpaired) electrons. The van der Waals surface area contributed by atoms with Gasteiger partial charge in [-0.25, -0.2) is 4.79 Å². The Kier molecular flexibility index (Phi) is 14.5. The summed E-state index contributed by atoms with van der Waals surface area (Å²) in [6.07, 6.45) is 4.39. The van der Waals surface area contributed by atoms with E-state index < -0.39 is 23.6 Å². The number of aryl methyl sites for hydroxylation is 1. The van der Waals surface area contributed by atoms with Gasteiger partial charge < -0.3 is 25.5 Å². The Morgan fingerprint density at radius 2 is 1.50 bits per heavy atom. The lowest BCUT2D eigenvalue weighted by Gasteiger charge is -2.17. The Morgan fingerprint density at radius 3 is 2.19 bits per heavy atom. The third-order valence-corrected chi connectivity index (χ3v) is 8.71. The summed E-state index contributed by atoms with van der Waals surface area (Å²) in [5, 5.41) is 13.5. The van der Waals surface area contributed by atoms with Crippen molar-refractivity contribution < 1.29 is 24.0 Å². The third kappa shape index (κ3) is 11.5. The Labute approximate surface area is 302 Å². The van der Waals surface area contributed by atoms with Gasteiger partial charge in [0.2, 0.25) is 6.04 Å². The number of nitrogens with zero attached hydrogens (tertiary/aromatic N) is 3. The summed E-state index contributed by atoms with van der Waals surface area (Å²) in [4.78, 5) is 83.1. The van der Waals surface area contributed by atoms with E-state index in [1.165, 1.54) is 31.2 Å². The van der Waals surface area contributed by atoms with E-state index in [0.717, 1.165) is 37.9 Å². The van der Waals surface area contributed by atoms with Crippen LogP contribution in [0.5, 0.6) is 0 Å². The van der Waals surface area contributed by atoms with E-state index in [9.17, 15) is 28.8 Å². The predicted molar refractivity (Wildman–Crippen MR) is 202 cm³/mol. The van der Waals surface area contributed by atoms with Gasteiger partial charge in [-0.15, -0.1) is 0 Å². The number of hydrogen-bond acceptors (Lipinski definition) is 9. The lowest BCUT2D eigenvalue weighted by Crippen LogP contribution is -2.31. The molecule has 4 rings (SSSR count). The first kappa shape index (κ1) is 39.2. The summed E-state index contributed by atoms with van der Waals surface area (Å²) in [6.45, 7) is 9.94. The fourth-order valence-electron chi connectivity index (χ4n) is 5.63. The monoisotopic (exact) mass is 709 g/mol. The molecule has 1 aromatic heterocycles. The van der Waals surface area contributed by atoms with Crippen LogP contribution in [0, 0.1) is 0 Å². The van der Waals surface area contributed by atoms with E-state index in [2.05, 4.69) is 56.5 Å². The van der Waals surface area contributed by atoms with Crippen LogP contribution in [0.15, 0.2) is 75.7 Å². The van der Waals surface area contributed by atoms with Gasteiger partial charge in [0.1, 0.15) is 5.78 Å². The molecule has 1 atom stereocenters. The molecule has 0 aliphatic carbocycles. The standard InChI is InChI=1S/C39H47N7O6/c1-5-8-9-10-35(49)28-21-26(11-17-32(48)19-20-46(6-2)7-3)22-31(23-28)41-37(50)27-12-14-29(15-13-27)44-45-36(25(4)47)38(51)40-30-16-18-33-34(24-30)43-39(52)42-33/h12-16,18,21-24,36H,5-11,17,19-20H2,1-4H3,(H,40,51)(H,41,50)(H2,42,43,52). The van der Waals surface area contributed by atoms with Crippen LogP contribution in [0.3, 0.4) is 0 Å². The molecular formula is C39H47N7O6. The minimum atomic E-state index is -1.42. The van der Waals surface area contributed by atoms with Gasteiger partial charge in [-0.2, -0.15) is 10.2 Å². The smallest absolute Gasteiger partial charge is 0.323 e. The molecule has 1 unspecified atom stereocenters. The number of imidazole rings is 1. The number of hydrogen-bond donors (Lipinski definition) is 4. The number of anilines is 2. The highest BCUT2D eigenvalue weighted by Gasteiger charge is 2.23. The Bertz CT molecular complexity index is 1970. The molecule has 274 valence electrons. The summed E-state index contributed by atoms with van der Waals surface area (Å²) in [6, 6.07) is 14.8. The summed E-state index contributed by atoms with van der Waals surface area (Å²) in [7, 11) is 0. The van der Waals surface area contributed by atoms with E-state index in [1.807, 2.05) is 6.07 Å². The van der Waals surface area contributed by atoms with Crippen LogP contribution in [0.4, 0.5) is 17.1 Å². The van der Waals surface area contributed by atoms with Gasteiger partial charge in [0, 0.05) is 48.3 Å². The maximum Gasteiger partial charge on any atom is 0.323 e. The van der Waals surface area contributed by atoms with Crippen molar-refractivity contribution in [3.63, 3.8) is 0 Å². The van der Waals surface area contributed by atoms with Gasteiger partial charge in [-0.3, -0.25) is 24.0 Å². The van der Waals surface area contributed by atoms with Gasteiger partial charge in [-0.1, -0.05) is 33.6 Å². The zero-order chi connectivity index (χ0) is 37.6. The van der Waals surface area contributed by atoms with Crippen molar-refractivity contribution in [3.8, 4) is 0 Å². The SMILES string of the molecule is CCCCCC(=O)c1cc(CCC(=O)CCN(CC)CC)cc(NC(=O)c2ccc(N=NC(C(C)=O)C(=O)Nc3ccc4[nH]c(=O)[nH]c4c3)cc2)c1. The van der Waals surface area contributed by atoms with Crippen molar-refractivity contribution in [1.82, 2.24) is 14.9 Å². The fraction of sp³-hybridized carbons (Fsp3) is 0.385. The Balaban J connectivity index is 1.42. The average Bonchev–Trinajstić information content (AvgIpc) is 3.50. The molecule has 13 nitrogen and oxygen atoms in total. The molecule has 0 aliphatic heterocycles. The molecule has 0 saturated carbocycles. The lowest BCUT2D eigenvalue weighted by molar-refractivity contribution is -0.126. The van der Waals surface area contributed by atoms with Crippen molar-refractivity contribution in [1.29, 1.82) is 0 Å². The quantitative estimate of drug-likeness (QED) is 0.0337. The molecule has 3 aromatic carbocycles. The zero-order valence-electron chi connectivity index (χ0n) is 30.2. The molecule has 4 N–H and O–H groups in total. The van der Waals surface area contributed by atoms with E-state index in [-0.39, 0.29) is 17.3 Å². The van der Waals surface area contributed by atoms with Gasteiger partial charge in [0.05, 0.1) is 16.7 Å². The first-order chi connectivity index (χ1) is 25.0. The van der Waals surface area contributed by atoms with Crippen LogP contribution in [0.2, 0.25) is 0 Å². The minimum absolute atomic E-state index is 0.0102. The number of H-pyrrole nitrogens is 2. The molecule has 52 heavy (non-hydrogen) atoms. The van der Waals surface area contributed by atoms with E-state index in [0.29, 0.717) is 71.5 Å². The minimum Gasteiger partial charge on any atom is -0.324 e. The highest BCUT2D eigenvalue weighted by atomic mass is 16.2. The molecule has 2 amide bonds. The normalized spacial score (nSPS) is 11.9. The van der Waals surface area contributed by atoms with Crippen LogP contribution in [0.1, 0.15) is 92.5 Å². The molecule has 0 aliphatic rings. The Hall–Kier alpha value is -5.56. The molecule has 1 heterocycles. The highest BCUT2D eigenvalue weighted by Crippen LogP contribution is 2.22. The van der Waals surface area contributed by atoms with Gasteiger partial charge in [-0.05, 0) is 99.1 Å². The van der Waals surface area contributed by atoms with Crippen molar-refractivity contribution in [2.45, 2.75) is 78.7 Å². The number of nitrogens with one attached hydrogen (secondary N) is 4. The molecule has 0 saturated heterocycles. The summed E-state index contributed by atoms with van der Waals surface area (Å²) >= 11 is 0. The number of ketones is 3. The van der Waals surface area contributed by atoms with Crippen molar-refractivity contribution >= 4 is 57.3 Å². The highest BCUT2D eigenvalue weighted by molar-refractivity contribution is 6.10. The van der Waals surface area contributed by atoms with Crippen LogP contribution in [-0.2, 0) is 20.8 Å². The van der Waals surface area contributed by atoms with Crippen molar-refractivity contribution in [2.24, 2.45) is 10.2 Å². The largest absolute Gasteiger partial charge is 0.324 e. The number of amides is 2. The second kappa shape index (κ2) is 19.2. The second-order valence-corrected chi connectivity index (χ2v) is 12.7. The van der Waals surface area contributed by atoms with Crippen molar-refractivity contribution in [3.05, 3.63) is 87.8 Å². The number of azo groups is 1. The molecule has 4 aromatic rings. The van der Waals surface area contributed by atoms with Gasteiger partial charge >= 0.3 is 5.69 Å². The molecule has 0 bridgehead atoms. The lowest BCUT2D eigenvalue weighted by atomic mass is 9.98. The number of carbonyl (C=O) groups is 5. The predicted octanol–water partition coefficient (Wildman–Crippen LogP) is 6.79. The first-order valence-electron chi connectivity index (χ1n) is 17.8. The molecule has 0 fully saturated rings. The molecule has 13 heteroatoms. The zero-order valence-corrected chi connectivity index (χ0v) is 30.2. The Morgan fingerprint density at radius 1 is 0.769 bits per heavy atom. The fourth-order valence-corrected chi connectivity index (χ4v) is 5.63. The van der Waals surface area contributed by atoms with Crippen molar-refractivity contribution in [2.75, 3.05) is 30.3 Å².